The molecule has 2 aliphatic rings. The van der Waals surface area contributed by atoms with Crippen molar-refractivity contribution in [2.75, 3.05) is 46.6 Å². The number of benzene rings is 1. The average molecular weight is 473 g/mol. The first-order chi connectivity index (χ1) is 16.5. The van der Waals surface area contributed by atoms with Crippen LogP contribution in [0.25, 0.3) is 16.9 Å². The second kappa shape index (κ2) is 9.55. The summed E-state index contributed by atoms with van der Waals surface area (Å²) < 4.78 is 50.0. The molecule has 1 fully saturated rings. The minimum absolute atomic E-state index is 0.0948. The molecule has 0 saturated carbocycles. The standard InChI is InChI=1S/C24H25F2N3O5/c1-31-20-9-16(8-15-2-4-28(12-21(25)26)24(30)23(15)20)19-11-27-22-10-17(3-5-29(19)22)34-14-18-13-32-6-7-33-18/h3,5,8-11,18,21H,2,4,6-7,12-14H2,1H3/t18-/m1/s1. The molecule has 0 bridgehead atoms. The molecule has 0 spiro atoms. The highest BCUT2D eigenvalue weighted by atomic mass is 19.3. The van der Waals surface area contributed by atoms with E-state index in [1.807, 2.05) is 28.8 Å². The van der Waals surface area contributed by atoms with Gasteiger partial charge in [-0.05, 0) is 30.2 Å². The number of alkyl halides is 2. The van der Waals surface area contributed by atoms with Crippen molar-refractivity contribution >= 4 is 11.6 Å². The SMILES string of the molecule is COc1cc(-c2cnc3cc(OC[C@H]4COCCO4)ccn23)cc2c1C(=O)N(CC(F)F)CC2. The molecule has 0 radical (unpaired) electrons. The predicted octanol–water partition coefficient (Wildman–Crippen LogP) is 3.07. The van der Waals surface area contributed by atoms with Gasteiger partial charge < -0.3 is 23.8 Å². The van der Waals surface area contributed by atoms with Crippen LogP contribution in [0.15, 0.2) is 36.7 Å². The van der Waals surface area contributed by atoms with Gasteiger partial charge in [0.25, 0.3) is 12.3 Å². The number of fused-ring (bicyclic) bond motifs is 2. The number of halogens is 2. The lowest BCUT2D eigenvalue weighted by Crippen LogP contribution is -2.40. The molecule has 1 amide bonds. The number of amides is 1. The minimum Gasteiger partial charge on any atom is -0.496 e. The fourth-order valence-corrected chi connectivity index (χ4v) is 4.37. The van der Waals surface area contributed by atoms with E-state index in [9.17, 15) is 13.6 Å². The van der Waals surface area contributed by atoms with E-state index < -0.39 is 18.9 Å². The van der Waals surface area contributed by atoms with E-state index in [-0.39, 0.29) is 12.6 Å². The molecule has 8 nitrogen and oxygen atoms in total. The molecular weight excluding hydrogens is 448 g/mol. The monoisotopic (exact) mass is 473 g/mol. The molecule has 10 heteroatoms. The summed E-state index contributed by atoms with van der Waals surface area (Å²) in [5.74, 6) is 0.602. The van der Waals surface area contributed by atoms with E-state index >= 15 is 0 Å². The van der Waals surface area contributed by atoms with Gasteiger partial charge in [0.1, 0.15) is 29.9 Å². The summed E-state index contributed by atoms with van der Waals surface area (Å²) in [7, 11) is 1.47. The number of hydrogen-bond acceptors (Lipinski definition) is 6. The lowest BCUT2D eigenvalue weighted by molar-refractivity contribution is -0.101. The number of ether oxygens (including phenoxy) is 4. The summed E-state index contributed by atoms with van der Waals surface area (Å²) in [6.45, 7) is 1.74. The predicted molar refractivity (Wildman–Crippen MR) is 119 cm³/mol. The van der Waals surface area contributed by atoms with E-state index in [0.717, 1.165) is 16.8 Å². The van der Waals surface area contributed by atoms with Crippen LogP contribution in [0, 0.1) is 0 Å². The van der Waals surface area contributed by atoms with Crippen LogP contribution in [-0.4, -0.2) is 79.3 Å². The Morgan fingerprint density at radius 1 is 1.26 bits per heavy atom. The Morgan fingerprint density at radius 3 is 2.91 bits per heavy atom. The number of aromatic nitrogens is 2. The van der Waals surface area contributed by atoms with E-state index in [4.69, 9.17) is 18.9 Å². The third kappa shape index (κ3) is 4.43. The Bertz CT molecular complexity index is 1180. The molecule has 2 aromatic heterocycles. The summed E-state index contributed by atoms with van der Waals surface area (Å²) in [5.41, 5.74) is 3.45. The van der Waals surface area contributed by atoms with E-state index in [1.165, 1.54) is 12.0 Å². The van der Waals surface area contributed by atoms with Gasteiger partial charge >= 0.3 is 0 Å². The summed E-state index contributed by atoms with van der Waals surface area (Å²) in [6.07, 6.45) is 1.41. The topological polar surface area (TPSA) is 74.5 Å². The fraction of sp³-hybridized carbons (Fsp3) is 0.417. The highest BCUT2D eigenvalue weighted by Gasteiger charge is 2.30. The zero-order valence-corrected chi connectivity index (χ0v) is 18.7. The third-order valence-electron chi connectivity index (χ3n) is 6.02. The van der Waals surface area contributed by atoms with Gasteiger partial charge in [-0.3, -0.25) is 9.20 Å². The van der Waals surface area contributed by atoms with Gasteiger partial charge in [0.2, 0.25) is 0 Å². The zero-order chi connectivity index (χ0) is 23.7. The lowest BCUT2D eigenvalue weighted by Gasteiger charge is -2.29. The van der Waals surface area contributed by atoms with E-state index in [1.54, 1.807) is 12.3 Å². The molecule has 3 aromatic rings. The van der Waals surface area contributed by atoms with Crippen molar-refractivity contribution in [1.29, 1.82) is 0 Å². The maximum atomic E-state index is 12.9. The summed E-state index contributed by atoms with van der Waals surface area (Å²) in [4.78, 5) is 18.5. The van der Waals surface area contributed by atoms with Crippen LogP contribution in [-0.2, 0) is 15.9 Å². The van der Waals surface area contributed by atoms with Gasteiger partial charge in [0.05, 0.1) is 50.9 Å². The van der Waals surface area contributed by atoms with Crippen LogP contribution in [0.1, 0.15) is 15.9 Å². The number of imidazole rings is 1. The molecule has 1 aromatic carbocycles. The Hall–Kier alpha value is -3.24. The average Bonchev–Trinajstić information content (AvgIpc) is 3.27. The first-order valence-corrected chi connectivity index (χ1v) is 11.1. The highest BCUT2D eigenvalue weighted by molar-refractivity contribution is 6.00. The number of pyridine rings is 1. The molecule has 1 atom stereocenters. The quantitative estimate of drug-likeness (QED) is 0.525. The summed E-state index contributed by atoms with van der Waals surface area (Å²) in [6, 6.07) is 7.35. The first-order valence-electron chi connectivity index (χ1n) is 11.1. The van der Waals surface area contributed by atoms with Crippen molar-refractivity contribution in [3.05, 3.63) is 47.8 Å². The number of methoxy groups -OCH3 is 1. The molecule has 0 aliphatic carbocycles. The molecular formula is C24H25F2N3O5. The molecule has 34 heavy (non-hydrogen) atoms. The van der Waals surface area contributed by atoms with Crippen LogP contribution in [0.3, 0.4) is 0 Å². The second-order valence-corrected chi connectivity index (χ2v) is 8.22. The van der Waals surface area contributed by atoms with Crippen LogP contribution in [0.5, 0.6) is 11.5 Å². The van der Waals surface area contributed by atoms with Crippen molar-refractivity contribution in [3.8, 4) is 22.8 Å². The van der Waals surface area contributed by atoms with Crippen molar-refractivity contribution in [3.63, 3.8) is 0 Å². The van der Waals surface area contributed by atoms with Crippen LogP contribution < -0.4 is 9.47 Å². The van der Waals surface area contributed by atoms with Gasteiger partial charge in [-0.25, -0.2) is 13.8 Å². The molecule has 2 aliphatic heterocycles. The third-order valence-corrected chi connectivity index (χ3v) is 6.02. The van der Waals surface area contributed by atoms with Crippen molar-refractivity contribution in [2.24, 2.45) is 0 Å². The largest absolute Gasteiger partial charge is 0.496 e. The number of carbonyl (C=O) groups is 1. The van der Waals surface area contributed by atoms with E-state index in [0.29, 0.717) is 55.6 Å². The first kappa shape index (κ1) is 22.5. The van der Waals surface area contributed by atoms with Crippen molar-refractivity contribution in [2.45, 2.75) is 19.0 Å². The molecule has 5 rings (SSSR count). The lowest BCUT2D eigenvalue weighted by atomic mass is 9.94. The smallest absolute Gasteiger partial charge is 0.258 e. The zero-order valence-electron chi connectivity index (χ0n) is 18.7. The highest BCUT2D eigenvalue weighted by Crippen LogP contribution is 2.34. The number of hydrogen-bond donors (Lipinski definition) is 0. The van der Waals surface area contributed by atoms with Gasteiger partial charge in [-0.1, -0.05) is 0 Å². The van der Waals surface area contributed by atoms with Gasteiger partial charge in [-0.2, -0.15) is 0 Å². The van der Waals surface area contributed by atoms with Crippen molar-refractivity contribution in [1.82, 2.24) is 14.3 Å². The second-order valence-electron chi connectivity index (χ2n) is 8.22. The Balaban J connectivity index is 1.41. The Labute approximate surface area is 195 Å². The van der Waals surface area contributed by atoms with Crippen molar-refractivity contribution < 1.29 is 32.5 Å². The minimum atomic E-state index is -2.58. The summed E-state index contributed by atoms with van der Waals surface area (Å²) in [5, 5.41) is 0. The molecule has 0 unspecified atom stereocenters. The van der Waals surface area contributed by atoms with Crippen LogP contribution in [0.4, 0.5) is 8.78 Å². The normalized spacial score (nSPS) is 18.4. The van der Waals surface area contributed by atoms with Crippen LogP contribution in [0.2, 0.25) is 0 Å². The maximum absolute atomic E-state index is 12.9. The van der Waals surface area contributed by atoms with Gasteiger partial charge in [0, 0.05) is 24.4 Å². The summed E-state index contributed by atoms with van der Waals surface area (Å²) >= 11 is 0. The Kier molecular flexibility index (Phi) is 6.34. The fourth-order valence-electron chi connectivity index (χ4n) is 4.37. The number of carbonyl (C=O) groups excluding carboxylic acids is 1. The van der Waals surface area contributed by atoms with E-state index in [2.05, 4.69) is 4.98 Å². The Morgan fingerprint density at radius 2 is 2.15 bits per heavy atom. The molecule has 1 saturated heterocycles. The van der Waals surface area contributed by atoms with Crippen LogP contribution >= 0.6 is 0 Å². The molecule has 180 valence electrons. The van der Waals surface area contributed by atoms with Gasteiger partial charge in [0.15, 0.2) is 0 Å². The maximum Gasteiger partial charge on any atom is 0.258 e. The molecule has 0 N–H and O–H groups in total. The number of rotatable bonds is 7. The van der Waals surface area contributed by atoms with Gasteiger partial charge in [-0.15, -0.1) is 0 Å². The molecule has 4 heterocycles. The number of nitrogens with zero attached hydrogens (tertiary/aromatic N) is 3.